The Labute approximate surface area is 94.4 Å². The molecule has 0 amide bonds. The van der Waals surface area contributed by atoms with Gasteiger partial charge in [0.25, 0.3) is 0 Å². The Bertz CT molecular complexity index is 427. The van der Waals surface area contributed by atoms with Crippen molar-refractivity contribution in [3.63, 3.8) is 0 Å². The second-order valence-electron chi connectivity index (χ2n) is 3.37. The molecule has 0 aromatic carbocycles. The number of aromatic nitrogens is 3. The maximum Gasteiger partial charge on any atom is 0.225 e. The Balaban J connectivity index is 2.61. The molecule has 5 nitrogen and oxygen atoms in total. The zero-order valence-corrected chi connectivity index (χ0v) is 10.3. The van der Waals surface area contributed by atoms with Gasteiger partial charge >= 0.3 is 0 Å². The third-order valence-corrected chi connectivity index (χ3v) is 3.31. The lowest BCUT2D eigenvalue weighted by molar-refractivity contribution is 0.588. The van der Waals surface area contributed by atoms with Crippen molar-refractivity contribution in [1.82, 2.24) is 14.8 Å². The summed E-state index contributed by atoms with van der Waals surface area (Å²) in [5, 5.41) is 7.93. The Kier molecular flexibility index (Phi) is 4.10. The van der Waals surface area contributed by atoms with E-state index < -0.39 is 9.84 Å². The normalized spacial score (nSPS) is 11.9. The molecular formula is C8H14ClN3O2S. The van der Waals surface area contributed by atoms with Gasteiger partial charge in [0.05, 0.1) is 5.75 Å². The number of hydrogen-bond donors (Lipinski definition) is 0. The van der Waals surface area contributed by atoms with Gasteiger partial charge in [-0.15, -0.1) is 10.2 Å². The Hall–Kier alpha value is -0.620. The SMILES string of the molecule is CCc1nnc(Cl)n1CCCS(C)(=O)=O. The predicted molar refractivity (Wildman–Crippen MR) is 58.7 cm³/mol. The summed E-state index contributed by atoms with van der Waals surface area (Å²) in [7, 11) is -2.91. The largest absolute Gasteiger partial charge is 0.302 e. The van der Waals surface area contributed by atoms with Crippen LogP contribution in [0.3, 0.4) is 0 Å². The summed E-state index contributed by atoms with van der Waals surface area (Å²) in [4.78, 5) is 0. The first-order valence-electron chi connectivity index (χ1n) is 4.69. The zero-order chi connectivity index (χ0) is 11.5. The first-order chi connectivity index (χ1) is 6.94. The number of rotatable bonds is 5. The van der Waals surface area contributed by atoms with Crippen LogP contribution in [0.25, 0.3) is 0 Å². The van der Waals surface area contributed by atoms with E-state index in [-0.39, 0.29) is 5.75 Å². The van der Waals surface area contributed by atoms with Crippen LogP contribution in [0.1, 0.15) is 19.2 Å². The molecule has 86 valence electrons. The van der Waals surface area contributed by atoms with Crippen LogP contribution in [0.15, 0.2) is 0 Å². The summed E-state index contributed by atoms with van der Waals surface area (Å²) >= 11 is 5.81. The van der Waals surface area contributed by atoms with E-state index in [1.165, 1.54) is 6.26 Å². The molecule has 7 heteroatoms. The second kappa shape index (κ2) is 4.94. The number of aryl methyl sites for hydroxylation is 1. The molecule has 0 aliphatic rings. The van der Waals surface area contributed by atoms with Crippen LogP contribution < -0.4 is 0 Å². The van der Waals surface area contributed by atoms with E-state index in [0.717, 1.165) is 12.2 Å². The van der Waals surface area contributed by atoms with Gasteiger partial charge in [0.1, 0.15) is 15.7 Å². The van der Waals surface area contributed by atoms with Crippen molar-refractivity contribution in [2.45, 2.75) is 26.3 Å². The van der Waals surface area contributed by atoms with Crippen LogP contribution in [-0.2, 0) is 22.8 Å². The number of halogens is 1. The molecule has 1 aromatic heterocycles. The highest BCUT2D eigenvalue weighted by Crippen LogP contribution is 2.09. The quantitative estimate of drug-likeness (QED) is 0.781. The van der Waals surface area contributed by atoms with E-state index in [1.54, 1.807) is 4.57 Å². The van der Waals surface area contributed by atoms with E-state index >= 15 is 0 Å². The second-order valence-corrected chi connectivity index (χ2v) is 5.97. The molecule has 0 atom stereocenters. The minimum Gasteiger partial charge on any atom is -0.302 e. The average molecular weight is 252 g/mol. The Morgan fingerprint density at radius 3 is 2.60 bits per heavy atom. The van der Waals surface area contributed by atoms with Gasteiger partial charge in [-0.25, -0.2) is 8.42 Å². The molecule has 0 spiro atoms. The number of nitrogens with zero attached hydrogens (tertiary/aromatic N) is 3. The third kappa shape index (κ3) is 3.79. The highest BCUT2D eigenvalue weighted by Gasteiger charge is 2.09. The van der Waals surface area contributed by atoms with Gasteiger partial charge in [-0.1, -0.05) is 6.92 Å². The summed E-state index contributed by atoms with van der Waals surface area (Å²) in [5.41, 5.74) is 0. The maximum atomic E-state index is 10.9. The van der Waals surface area contributed by atoms with Crippen molar-refractivity contribution >= 4 is 21.4 Å². The van der Waals surface area contributed by atoms with E-state index in [4.69, 9.17) is 11.6 Å². The van der Waals surface area contributed by atoms with Gasteiger partial charge < -0.3 is 4.57 Å². The zero-order valence-electron chi connectivity index (χ0n) is 8.77. The van der Waals surface area contributed by atoms with Crippen molar-refractivity contribution in [1.29, 1.82) is 0 Å². The lowest BCUT2D eigenvalue weighted by Crippen LogP contribution is -2.09. The van der Waals surface area contributed by atoms with Gasteiger partial charge in [0, 0.05) is 19.2 Å². The summed E-state index contributed by atoms with van der Waals surface area (Å²) < 4.78 is 23.6. The van der Waals surface area contributed by atoms with E-state index in [1.807, 2.05) is 6.92 Å². The first kappa shape index (κ1) is 12.4. The van der Waals surface area contributed by atoms with Crippen molar-refractivity contribution < 1.29 is 8.42 Å². The van der Waals surface area contributed by atoms with Gasteiger partial charge in [-0.2, -0.15) is 0 Å². The molecule has 15 heavy (non-hydrogen) atoms. The van der Waals surface area contributed by atoms with Crippen molar-refractivity contribution in [2.24, 2.45) is 0 Å². The van der Waals surface area contributed by atoms with Crippen LogP contribution in [-0.4, -0.2) is 35.2 Å². The summed E-state index contributed by atoms with van der Waals surface area (Å²) in [6.45, 7) is 2.50. The highest BCUT2D eigenvalue weighted by atomic mass is 35.5. The monoisotopic (exact) mass is 251 g/mol. The lowest BCUT2D eigenvalue weighted by atomic mass is 10.4. The van der Waals surface area contributed by atoms with E-state index in [9.17, 15) is 8.42 Å². The van der Waals surface area contributed by atoms with Gasteiger partial charge in [-0.3, -0.25) is 0 Å². The molecule has 0 unspecified atom stereocenters. The Morgan fingerprint density at radius 1 is 1.40 bits per heavy atom. The number of hydrogen-bond acceptors (Lipinski definition) is 4. The number of sulfone groups is 1. The topological polar surface area (TPSA) is 64.8 Å². The molecular weight excluding hydrogens is 238 g/mol. The van der Waals surface area contributed by atoms with Crippen molar-refractivity contribution in [3.8, 4) is 0 Å². The minimum atomic E-state index is -2.91. The fraction of sp³-hybridized carbons (Fsp3) is 0.750. The highest BCUT2D eigenvalue weighted by molar-refractivity contribution is 7.90. The lowest BCUT2D eigenvalue weighted by Gasteiger charge is -2.05. The maximum absolute atomic E-state index is 10.9. The molecule has 0 aliphatic carbocycles. The molecule has 1 heterocycles. The molecule has 0 bridgehead atoms. The molecule has 1 rings (SSSR count). The molecule has 0 fully saturated rings. The predicted octanol–water partition coefficient (Wildman–Crippen LogP) is 0.929. The van der Waals surface area contributed by atoms with E-state index in [0.29, 0.717) is 18.2 Å². The van der Waals surface area contributed by atoms with Crippen molar-refractivity contribution in [3.05, 3.63) is 11.1 Å². The van der Waals surface area contributed by atoms with E-state index in [2.05, 4.69) is 10.2 Å². The molecule has 0 aliphatic heterocycles. The van der Waals surface area contributed by atoms with Crippen LogP contribution >= 0.6 is 11.6 Å². The summed E-state index contributed by atoms with van der Waals surface area (Å²) in [5.74, 6) is 0.943. The third-order valence-electron chi connectivity index (χ3n) is 2.00. The molecule has 0 radical (unpaired) electrons. The fourth-order valence-corrected chi connectivity index (χ4v) is 2.15. The van der Waals surface area contributed by atoms with Gasteiger partial charge in [0.15, 0.2) is 0 Å². The van der Waals surface area contributed by atoms with Crippen LogP contribution in [0.5, 0.6) is 0 Å². The molecule has 0 N–H and O–H groups in total. The van der Waals surface area contributed by atoms with Gasteiger partial charge in [-0.05, 0) is 18.0 Å². The summed E-state index contributed by atoms with van der Waals surface area (Å²) in [6, 6.07) is 0. The Morgan fingerprint density at radius 2 is 2.07 bits per heavy atom. The fourth-order valence-electron chi connectivity index (χ4n) is 1.28. The van der Waals surface area contributed by atoms with Crippen LogP contribution in [0, 0.1) is 0 Å². The average Bonchev–Trinajstić information content (AvgIpc) is 2.46. The first-order valence-corrected chi connectivity index (χ1v) is 7.13. The smallest absolute Gasteiger partial charge is 0.225 e. The van der Waals surface area contributed by atoms with Crippen molar-refractivity contribution in [2.75, 3.05) is 12.0 Å². The van der Waals surface area contributed by atoms with Gasteiger partial charge in [0.2, 0.25) is 5.28 Å². The summed E-state index contributed by atoms with van der Waals surface area (Å²) in [6.07, 6.45) is 2.49. The minimum absolute atomic E-state index is 0.157. The molecule has 1 aromatic rings. The molecule has 0 saturated heterocycles. The van der Waals surface area contributed by atoms with Crippen LogP contribution in [0.2, 0.25) is 5.28 Å². The van der Waals surface area contributed by atoms with Crippen LogP contribution in [0.4, 0.5) is 0 Å². The standard InChI is InChI=1S/C8H14ClN3O2S/c1-3-7-10-11-8(9)12(7)5-4-6-15(2,13)14/h3-6H2,1-2H3. The molecule has 0 saturated carbocycles.